The molecule has 0 radical (unpaired) electrons. The quantitative estimate of drug-likeness (QED) is 0.529. The SMILES string of the molecule is Cc1cc(NC(=O)C(C)(NC(=O)c2ccc(Cl)s2)c2ccccc2)ccc1N1CCOCC1=O. The van der Waals surface area contributed by atoms with Gasteiger partial charge in [0.1, 0.15) is 12.1 Å². The Morgan fingerprint density at radius 2 is 1.88 bits per heavy atom. The molecule has 4 rings (SSSR count). The van der Waals surface area contributed by atoms with E-state index in [1.807, 2.05) is 31.2 Å². The fourth-order valence-electron chi connectivity index (χ4n) is 3.82. The summed E-state index contributed by atoms with van der Waals surface area (Å²) in [4.78, 5) is 40.7. The molecule has 1 aliphatic rings. The van der Waals surface area contributed by atoms with Crippen LogP contribution in [0.5, 0.6) is 0 Å². The lowest BCUT2D eigenvalue weighted by Gasteiger charge is -2.31. The summed E-state index contributed by atoms with van der Waals surface area (Å²) >= 11 is 7.13. The molecular formula is C25H24ClN3O4S. The topological polar surface area (TPSA) is 87.7 Å². The largest absolute Gasteiger partial charge is 0.370 e. The summed E-state index contributed by atoms with van der Waals surface area (Å²) in [5, 5.41) is 5.80. The Bertz CT molecular complexity index is 1230. The van der Waals surface area contributed by atoms with Crippen LogP contribution < -0.4 is 15.5 Å². The number of amides is 3. The van der Waals surface area contributed by atoms with Gasteiger partial charge in [0.2, 0.25) is 0 Å². The highest BCUT2D eigenvalue weighted by Crippen LogP contribution is 2.29. The van der Waals surface area contributed by atoms with E-state index in [9.17, 15) is 14.4 Å². The van der Waals surface area contributed by atoms with Crippen LogP contribution in [-0.2, 0) is 19.9 Å². The van der Waals surface area contributed by atoms with Gasteiger partial charge in [-0.3, -0.25) is 14.4 Å². The first kappa shape index (κ1) is 23.9. The van der Waals surface area contributed by atoms with Crippen molar-refractivity contribution in [1.82, 2.24) is 5.32 Å². The Morgan fingerprint density at radius 3 is 2.53 bits per heavy atom. The monoisotopic (exact) mass is 497 g/mol. The van der Waals surface area contributed by atoms with E-state index in [4.69, 9.17) is 16.3 Å². The van der Waals surface area contributed by atoms with Gasteiger partial charge in [0, 0.05) is 17.9 Å². The second-order valence-corrected chi connectivity index (χ2v) is 9.82. The summed E-state index contributed by atoms with van der Waals surface area (Å²) in [6.45, 7) is 4.57. The Balaban J connectivity index is 1.59. The van der Waals surface area contributed by atoms with Gasteiger partial charge >= 0.3 is 0 Å². The standard InChI is InChI=1S/C25H24ClN3O4S/c1-16-14-18(8-9-19(16)29-12-13-33-15-22(29)30)27-24(32)25(2,17-6-4-3-5-7-17)28-23(31)20-10-11-21(26)34-20/h3-11,14H,12-13,15H2,1-2H3,(H,27,32)(H,28,31). The number of nitrogens with zero attached hydrogens (tertiary/aromatic N) is 1. The highest BCUT2D eigenvalue weighted by atomic mass is 35.5. The number of ether oxygens (including phenoxy) is 1. The molecule has 3 aromatic rings. The Morgan fingerprint density at radius 1 is 1.12 bits per heavy atom. The highest BCUT2D eigenvalue weighted by Gasteiger charge is 2.37. The van der Waals surface area contributed by atoms with Gasteiger partial charge in [-0.1, -0.05) is 41.9 Å². The molecule has 34 heavy (non-hydrogen) atoms. The third-order valence-corrected chi connectivity index (χ3v) is 6.93. The Hall–Kier alpha value is -3.20. The lowest BCUT2D eigenvalue weighted by molar-refractivity contribution is -0.125. The van der Waals surface area contributed by atoms with Crippen LogP contribution in [0.15, 0.2) is 60.7 Å². The van der Waals surface area contributed by atoms with E-state index in [1.165, 1.54) is 0 Å². The average molecular weight is 498 g/mol. The normalized spacial score (nSPS) is 15.5. The molecule has 0 aliphatic carbocycles. The zero-order valence-corrected chi connectivity index (χ0v) is 20.3. The third-order valence-electron chi connectivity index (χ3n) is 5.70. The maximum atomic E-state index is 13.5. The molecule has 1 aliphatic heterocycles. The minimum Gasteiger partial charge on any atom is -0.370 e. The number of nitrogens with one attached hydrogen (secondary N) is 2. The van der Waals surface area contributed by atoms with E-state index >= 15 is 0 Å². The molecule has 1 fully saturated rings. The van der Waals surface area contributed by atoms with E-state index in [0.29, 0.717) is 33.6 Å². The highest BCUT2D eigenvalue weighted by molar-refractivity contribution is 7.18. The second-order valence-electron chi connectivity index (χ2n) is 8.10. The van der Waals surface area contributed by atoms with Crippen molar-refractivity contribution in [3.8, 4) is 0 Å². The predicted octanol–water partition coefficient (Wildman–Crippen LogP) is 4.36. The molecule has 3 amide bonds. The van der Waals surface area contributed by atoms with Crippen molar-refractivity contribution in [2.75, 3.05) is 30.0 Å². The molecule has 2 heterocycles. The van der Waals surface area contributed by atoms with E-state index in [0.717, 1.165) is 22.6 Å². The number of morpholine rings is 1. The van der Waals surface area contributed by atoms with Crippen LogP contribution in [-0.4, -0.2) is 37.5 Å². The maximum absolute atomic E-state index is 13.5. The lowest BCUT2D eigenvalue weighted by Crippen LogP contribution is -2.52. The fourth-order valence-corrected chi connectivity index (χ4v) is 4.76. The molecule has 7 nitrogen and oxygen atoms in total. The molecule has 0 saturated carbocycles. The zero-order chi connectivity index (χ0) is 24.3. The van der Waals surface area contributed by atoms with Crippen LogP contribution in [0, 0.1) is 6.92 Å². The molecule has 2 aromatic carbocycles. The van der Waals surface area contributed by atoms with Crippen LogP contribution >= 0.6 is 22.9 Å². The average Bonchev–Trinajstić information content (AvgIpc) is 3.27. The number of carbonyl (C=O) groups excluding carboxylic acids is 3. The number of thiophene rings is 1. The second kappa shape index (κ2) is 9.97. The van der Waals surface area contributed by atoms with Gasteiger partial charge in [0.15, 0.2) is 0 Å². The maximum Gasteiger partial charge on any atom is 0.262 e. The molecule has 1 aromatic heterocycles. The summed E-state index contributed by atoms with van der Waals surface area (Å²) in [7, 11) is 0. The fraction of sp³-hybridized carbons (Fsp3) is 0.240. The summed E-state index contributed by atoms with van der Waals surface area (Å²) in [6.07, 6.45) is 0. The number of anilines is 2. The molecule has 9 heteroatoms. The van der Waals surface area contributed by atoms with Crippen LogP contribution in [0.4, 0.5) is 11.4 Å². The van der Waals surface area contributed by atoms with Gasteiger partial charge in [-0.25, -0.2) is 0 Å². The zero-order valence-electron chi connectivity index (χ0n) is 18.8. The first-order chi connectivity index (χ1) is 16.3. The Kier molecular flexibility index (Phi) is 7.02. The van der Waals surface area contributed by atoms with E-state index in [1.54, 1.807) is 48.2 Å². The molecule has 0 bridgehead atoms. The first-order valence-electron chi connectivity index (χ1n) is 10.7. The van der Waals surface area contributed by atoms with E-state index in [-0.39, 0.29) is 12.5 Å². The third kappa shape index (κ3) is 4.99. The molecule has 1 unspecified atom stereocenters. The number of rotatable bonds is 6. The van der Waals surface area contributed by atoms with Gasteiger partial charge in [-0.2, -0.15) is 0 Å². The summed E-state index contributed by atoms with van der Waals surface area (Å²) < 4.78 is 5.70. The minimum absolute atomic E-state index is 0.0580. The van der Waals surface area contributed by atoms with Gasteiger partial charge in [-0.15, -0.1) is 11.3 Å². The smallest absolute Gasteiger partial charge is 0.262 e. The minimum atomic E-state index is -1.35. The van der Waals surface area contributed by atoms with E-state index < -0.39 is 17.4 Å². The molecule has 1 atom stereocenters. The number of carbonyl (C=O) groups is 3. The van der Waals surface area contributed by atoms with Crippen molar-refractivity contribution in [3.05, 3.63) is 81.0 Å². The van der Waals surface area contributed by atoms with Crippen molar-refractivity contribution >= 4 is 52.0 Å². The number of benzene rings is 2. The summed E-state index contributed by atoms with van der Waals surface area (Å²) in [5.41, 5.74) is 1.46. The molecule has 1 saturated heterocycles. The van der Waals surface area contributed by atoms with Gasteiger partial charge in [-0.05, 0) is 55.3 Å². The van der Waals surface area contributed by atoms with Gasteiger partial charge in [0.25, 0.3) is 17.7 Å². The molecular weight excluding hydrogens is 474 g/mol. The van der Waals surface area contributed by atoms with E-state index in [2.05, 4.69) is 10.6 Å². The predicted molar refractivity (Wildman–Crippen MR) is 134 cm³/mol. The molecule has 176 valence electrons. The van der Waals surface area contributed by atoms with Gasteiger partial charge in [0.05, 0.1) is 15.8 Å². The van der Waals surface area contributed by atoms with Crippen LogP contribution in [0.25, 0.3) is 0 Å². The van der Waals surface area contributed by atoms with Crippen molar-refractivity contribution in [2.45, 2.75) is 19.4 Å². The Labute approximate surface area is 206 Å². The number of hydrogen-bond acceptors (Lipinski definition) is 5. The number of aryl methyl sites for hydroxylation is 1. The van der Waals surface area contributed by atoms with Crippen molar-refractivity contribution < 1.29 is 19.1 Å². The lowest BCUT2D eigenvalue weighted by atomic mass is 9.90. The molecule has 0 spiro atoms. The molecule has 2 N–H and O–H groups in total. The first-order valence-corrected chi connectivity index (χ1v) is 11.9. The van der Waals surface area contributed by atoms with Crippen molar-refractivity contribution in [1.29, 1.82) is 0 Å². The summed E-state index contributed by atoms with van der Waals surface area (Å²) in [5.74, 6) is -0.890. The van der Waals surface area contributed by atoms with Crippen LogP contribution in [0.1, 0.15) is 27.7 Å². The van der Waals surface area contributed by atoms with Crippen LogP contribution in [0.2, 0.25) is 4.34 Å². The number of halogens is 1. The van der Waals surface area contributed by atoms with Crippen LogP contribution in [0.3, 0.4) is 0 Å². The van der Waals surface area contributed by atoms with Crippen molar-refractivity contribution in [3.63, 3.8) is 0 Å². The number of hydrogen-bond donors (Lipinski definition) is 2. The van der Waals surface area contributed by atoms with Gasteiger partial charge < -0.3 is 20.3 Å². The summed E-state index contributed by atoms with van der Waals surface area (Å²) in [6, 6.07) is 17.7. The van der Waals surface area contributed by atoms with Crippen molar-refractivity contribution in [2.24, 2.45) is 0 Å².